The van der Waals surface area contributed by atoms with Gasteiger partial charge in [0.25, 0.3) is 5.91 Å². The van der Waals surface area contributed by atoms with E-state index in [0.717, 1.165) is 0 Å². The molecule has 3 N–H and O–H groups in total. The molecule has 19 heavy (non-hydrogen) atoms. The summed E-state index contributed by atoms with van der Waals surface area (Å²) in [5.41, 5.74) is 6.22. The number of hydrogen-bond donors (Lipinski definition) is 2. The minimum absolute atomic E-state index is 0.213. The van der Waals surface area contributed by atoms with Gasteiger partial charge in [-0.1, -0.05) is 24.4 Å². The van der Waals surface area contributed by atoms with Crippen molar-refractivity contribution in [3.8, 4) is 5.75 Å². The van der Waals surface area contributed by atoms with Gasteiger partial charge in [0, 0.05) is 13.7 Å². The third-order valence-corrected chi connectivity index (χ3v) is 2.65. The number of carbonyl (C=O) groups excluding carboxylic acids is 1. The van der Waals surface area contributed by atoms with Gasteiger partial charge in [-0.3, -0.25) is 4.79 Å². The van der Waals surface area contributed by atoms with Gasteiger partial charge in [0.15, 0.2) is 6.10 Å². The predicted molar refractivity (Wildman–Crippen MR) is 77.3 cm³/mol. The van der Waals surface area contributed by atoms with Gasteiger partial charge in [0.05, 0.1) is 12.2 Å². The van der Waals surface area contributed by atoms with Crippen molar-refractivity contribution in [1.29, 1.82) is 0 Å². The number of amides is 1. The molecule has 0 bridgehead atoms. The topological polar surface area (TPSA) is 73.6 Å². The number of hydrogen-bond acceptors (Lipinski definition) is 4. The van der Waals surface area contributed by atoms with E-state index in [2.05, 4.69) is 5.32 Å². The summed E-state index contributed by atoms with van der Waals surface area (Å²) in [6.07, 6.45) is -0.632. The van der Waals surface area contributed by atoms with Crippen LogP contribution in [0.5, 0.6) is 5.75 Å². The van der Waals surface area contributed by atoms with E-state index in [1.54, 1.807) is 32.2 Å². The summed E-state index contributed by atoms with van der Waals surface area (Å²) in [4.78, 5) is 12.0. The molecule has 1 unspecified atom stereocenters. The molecule has 0 spiro atoms. The second kappa shape index (κ2) is 7.70. The second-order valence-corrected chi connectivity index (χ2v) is 4.34. The van der Waals surface area contributed by atoms with Crippen LogP contribution >= 0.6 is 12.2 Å². The van der Waals surface area contributed by atoms with E-state index in [1.165, 1.54) is 0 Å². The molecule has 0 saturated carbocycles. The first-order valence-electron chi connectivity index (χ1n) is 5.88. The molecule has 0 heterocycles. The molecule has 0 aliphatic rings. The smallest absolute Gasteiger partial charge is 0.260 e. The number of carbonyl (C=O) groups is 1. The molecule has 1 amide bonds. The number of nitrogens with two attached hydrogens (primary N) is 1. The molecule has 0 aliphatic heterocycles. The van der Waals surface area contributed by atoms with E-state index < -0.39 is 6.10 Å². The summed E-state index contributed by atoms with van der Waals surface area (Å²) in [6.45, 7) is 2.57. The normalized spacial score (nSPS) is 11.7. The lowest BCUT2D eigenvalue weighted by molar-refractivity contribution is -0.127. The van der Waals surface area contributed by atoms with Crippen LogP contribution in [-0.2, 0) is 9.53 Å². The highest BCUT2D eigenvalue weighted by atomic mass is 32.1. The number of rotatable bonds is 7. The fourth-order valence-electron chi connectivity index (χ4n) is 1.44. The number of ether oxygens (including phenoxy) is 2. The minimum atomic E-state index is -0.632. The van der Waals surface area contributed by atoms with Crippen LogP contribution in [0, 0.1) is 0 Å². The van der Waals surface area contributed by atoms with E-state index in [4.69, 9.17) is 27.4 Å². The van der Waals surface area contributed by atoms with Crippen molar-refractivity contribution in [2.24, 2.45) is 5.73 Å². The van der Waals surface area contributed by atoms with E-state index in [1.807, 2.05) is 6.07 Å². The molecule has 104 valence electrons. The number of para-hydroxylation sites is 1. The lowest BCUT2D eigenvalue weighted by atomic mass is 10.2. The van der Waals surface area contributed by atoms with Crippen LogP contribution in [0.2, 0.25) is 0 Å². The largest absolute Gasteiger partial charge is 0.480 e. The van der Waals surface area contributed by atoms with Crippen molar-refractivity contribution < 1.29 is 14.3 Å². The minimum Gasteiger partial charge on any atom is -0.480 e. The van der Waals surface area contributed by atoms with E-state index in [9.17, 15) is 4.79 Å². The number of methoxy groups -OCH3 is 1. The Morgan fingerprint density at radius 3 is 2.79 bits per heavy atom. The zero-order chi connectivity index (χ0) is 14.3. The Balaban J connectivity index is 2.63. The first-order valence-corrected chi connectivity index (χ1v) is 6.29. The van der Waals surface area contributed by atoms with Crippen molar-refractivity contribution in [1.82, 2.24) is 5.32 Å². The van der Waals surface area contributed by atoms with Crippen LogP contribution in [0.3, 0.4) is 0 Å². The van der Waals surface area contributed by atoms with Crippen LogP contribution in [0.25, 0.3) is 0 Å². The third kappa shape index (κ3) is 4.84. The van der Waals surface area contributed by atoms with Crippen LogP contribution in [-0.4, -0.2) is 37.3 Å². The Hall–Kier alpha value is -1.66. The number of nitrogens with one attached hydrogen (secondary N) is 1. The molecule has 0 radical (unpaired) electrons. The standard InChI is InChI=1S/C13H18N2O3S/c1-9(13(16)15-7-8-17-2)18-11-6-4-3-5-10(11)12(14)19/h3-6,9H,7-8H2,1-2H3,(H2,14,19)(H,15,16). The van der Waals surface area contributed by atoms with Gasteiger partial charge in [-0.25, -0.2) is 0 Å². The van der Waals surface area contributed by atoms with Gasteiger partial charge >= 0.3 is 0 Å². The maximum atomic E-state index is 11.7. The van der Waals surface area contributed by atoms with Gasteiger partial charge in [-0.2, -0.15) is 0 Å². The zero-order valence-corrected chi connectivity index (χ0v) is 11.8. The molecule has 0 aromatic heterocycles. The average molecular weight is 282 g/mol. The summed E-state index contributed by atoms with van der Waals surface area (Å²) in [5.74, 6) is 0.291. The van der Waals surface area contributed by atoms with Gasteiger partial charge in [0.1, 0.15) is 10.7 Å². The van der Waals surface area contributed by atoms with E-state index in [-0.39, 0.29) is 10.9 Å². The maximum absolute atomic E-state index is 11.7. The van der Waals surface area contributed by atoms with Crippen molar-refractivity contribution in [2.45, 2.75) is 13.0 Å². The number of benzene rings is 1. The maximum Gasteiger partial charge on any atom is 0.260 e. The summed E-state index contributed by atoms with van der Waals surface area (Å²) < 4.78 is 10.4. The molecule has 6 heteroatoms. The predicted octanol–water partition coefficient (Wildman–Crippen LogP) is 0.851. The monoisotopic (exact) mass is 282 g/mol. The molecular weight excluding hydrogens is 264 g/mol. The first kappa shape index (κ1) is 15.4. The Bertz CT molecular complexity index is 451. The summed E-state index contributed by atoms with van der Waals surface area (Å²) in [6, 6.07) is 7.10. The fourth-order valence-corrected chi connectivity index (χ4v) is 1.61. The number of thiocarbonyl (C=S) groups is 1. The summed E-state index contributed by atoms with van der Waals surface area (Å²) in [5, 5.41) is 2.70. The Morgan fingerprint density at radius 1 is 1.47 bits per heavy atom. The zero-order valence-electron chi connectivity index (χ0n) is 11.0. The summed E-state index contributed by atoms with van der Waals surface area (Å²) in [7, 11) is 1.57. The Labute approximate surface area is 118 Å². The molecule has 0 fully saturated rings. The highest BCUT2D eigenvalue weighted by Gasteiger charge is 2.16. The SMILES string of the molecule is COCCNC(=O)C(C)Oc1ccccc1C(N)=S. The molecule has 1 rings (SSSR count). The molecule has 0 saturated heterocycles. The molecular formula is C13H18N2O3S. The molecule has 1 aromatic carbocycles. The van der Waals surface area contributed by atoms with Crippen molar-refractivity contribution >= 4 is 23.1 Å². The molecule has 1 atom stereocenters. The van der Waals surface area contributed by atoms with Crippen LogP contribution in [0.4, 0.5) is 0 Å². The van der Waals surface area contributed by atoms with Crippen molar-refractivity contribution in [3.05, 3.63) is 29.8 Å². The Kier molecular flexibility index (Phi) is 6.24. The molecule has 0 aliphatic carbocycles. The van der Waals surface area contributed by atoms with Crippen molar-refractivity contribution in [3.63, 3.8) is 0 Å². The first-order chi connectivity index (χ1) is 9.06. The van der Waals surface area contributed by atoms with Gasteiger partial charge in [0.2, 0.25) is 0 Å². The van der Waals surface area contributed by atoms with E-state index >= 15 is 0 Å². The van der Waals surface area contributed by atoms with Gasteiger partial charge in [-0.05, 0) is 19.1 Å². The van der Waals surface area contributed by atoms with Gasteiger partial charge in [-0.15, -0.1) is 0 Å². The summed E-state index contributed by atoms with van der Waals surface area (Å²) >= 11 is 4.93. The van der Waals surface area contributed by atoms with E-state index in [0.29, 0.717) is 24.5 Å². The lowest BCUT2D eigenvalue weighted by Crippen LogP contribution is -2.38. The quantitative estimate of drug-likeness (QED) is 0.573. The lowest BCUT2D eigenvalue weighted by Gasteiger charge is -2.16. The van der Waals surface area contributed by atoms with Crippen LogP contribution < -0.4 is 15.8 Å². The fraction of sp³-hybridized carbons (Fsp3) is 0.385. The van der Waals surface area contributed by atoms with Crippen LogP contribution in [0.1, 0.15) is 12.5 Å². The van der Waals surface area contributed by atoms with Crippen LogP contribution in [0.15, 0.2) is 24.3 Å². The second-order valence-electron chi connectivity index (χ2n) is 3.90. The molecule has 1 aromatic rings. The van der Waals surface area contributed by atoms with Gasteiger partial charge < -0.3 is 20.5 Å². The average Bonchev–Trinajstić information content (AvgIpc) is 2.39. The van der Waals surface area contributed by atoms with Crippen molar-refractivity contribution in [2.75, 3.05) is 20.3 Å². The highest BCUT2D eigenvalue weighted by Crippen LogP contribution is 2.19. The highest BCUT2D eigenvalue weighted by molar-refractivity contribution is 7.80. The Morgan fingerprint density at radius 2 is 2.16 bits per heavy atom. The third-order valence-electron chi connectivity index (χ3n) is 2.43. The molecule has 5 nitrogen and oxygen atoms in total.